The predicted molar refractivity (Wildman–Crippen MR) is 258 cm³/mol. The highest BCUT2D eigenvalue weighted by Gasteiger charge is 2.84. The number of anilines is 6. The van der Waals surface area contributed by atoms with Gasteiger partial charge in [0.1, 0.15) is 0 Å². The summed E-state index contributed by atoms with van der Waals surface area (Å²) in [5.41, 5.74) is 8.22. The smallest absolute Gasteiger partial charge is 0.311 e. The first-order chi connectivity index (χ1) is 30.8. The third kappa shape index (κ3) is 6.56. The lowest BCUT2D eigenvalue weighted by atomic mass is 9.71. The Bertz CT molecular complexity index is 2690. The Morgan fingerprint density at radius 3 is 0.831 bits per heavy atom. The van der Waals surface area contributed by atoms with Gasteiger partial charge in [-0.3, -0.25) is 0 Å². The molecule has 2 aliphatic carbocycles. The van der Waals surface area contributed by atoms with Crippen LogP contribution in [0.15, 0.2) is 180 Å². The van der Waals surface area contributed by atoms with Crippen LogP contribution in [0.1, 0.15) is 47.2 Å². The average molecular weight is 911 g/mol. The lowest BCUT2D eigenvalue weighted by Gasteiger charge is -2.47. The molecule has 0 spiro atoms. The van der Waals surface area contributed by atoms with Crippen molar-refractivity contribution in [2.45, 2.75) is 68.8 Å². The average Bonchev–Trinajstić information content (AvgIpc) is 3.87. The maximum Gasteiger partial charge on any atom is 0.380 e. The zero-order valence-electron chi connectivity index (χ0n) is 36.5. The minimum Gasteiger partial charge on any atom is -0.311 e. The molecule has 4 aliphatic rings. The van der Waals surface area contributed by atoms with E-state index in [1.54, 1.807) is 13.8 Å². The first kappa shape index (κ1) is 43.1. The summed E-state index contributed by atoms with van der Waals surface area (Å²) in [7, 11) is 0. The fourth-order valence-corrected chi connectivity index (χ4v) is 12.6. The maximum absolute atomic E-state index is 16.3. The van der Waals surface area contributed by atoms with Crippen LogP contribution in [-0.4, -0.2) is 27.3 Å². The van der Waals surface area contributed by atoms with Crippen molar-refractivity contribution in [1.82, 2.24) is 0 Å². The Balaban J connectivity index is 1.04. The number of benzene rings is 6. The molecule has 6 aromatic carbocycles. The maximum atomic E-state index is 16.3. The van der Waals surface area contributed by atoms with Gasteiger partial charge in [0.05, 0.1) is 9.49 Å². The van der Waals surface area contributed by atoms with Crippen LogP contribution in [-0.2, 0) is 0 Å². The second kappa shape index (κ2) is 15.1. The Kier molecular flexibility index (Phi) is 10.0. The molecule has 10 heteroatoms. The number of nitrogens with zero attached hydrogens (tertiary/aromatic N) is 2. The van der Waals surface area contributed by atoms with E-state index >= 15 is 26.3 Å². The van der Waals surface area contributed by atoms with Gasteiger partial charge < -0.3 is 9.80 Å². The number of alkyl halides is 6. The Morgan fingerprint density at radius 1 is 0.354 bits per heavy atom. The number of hydrogen-bond donors (Lipinski definition) is 0. The molecule has 2 aliphatic heterocycles. The number of thioether (sulfide) groups is 2. The van der Waals surface area contributed by atoms with Crippen molar-refractivity contribution in [1.29, 1.82) is 0 Å². The van der Waals surface area contributed by atoms with Crippen molar-refractivity contribution in [2.24, 2.45) is 0 Å². The molecular weight excluding hydrogens is 867 g/mol. The summed E-state index contributed by atoms with van der Waals surface area (Å²) in [4.78, 5) is 5.27. The van der Waals surface area contributed by atoms with E-state index in [-0.39, 0.29) is 11.1 Å². The zero-order valence-corrected chi connectivity index (χ0v) is 38.1. The molecule has 0 N–H and O–H groups in total. The van der Waals surface area contributed by atoms with Gasteiger partial charge in [0, 0.05) is 55.1 Å². The van der Waals surface area contributed by atoms with E-state index in [0.29, 0.717) is 20.9 Å². The van der Waals surface area contributed by atoms with Crippen molar-refractivity contribution in [3.8, 4) is 0 Å². The largest absolute Gasteiger partial charge is 0.380 e. The fourth-order valence-electron chi connectivity index (χ4n) is 9.41. The molecule has 0 amide bonds. The standard InChI is InChI=1S/C55H44F6N2S2/c1-33-7-19-39(20-8-33)62(40-21-9-34(2)10-22-40)43-27-15-37(16-28-43)47-31-45-49-50(54(58,59)55(60,61)53(49,56)57)46-32-48(65-52(46,6)51(45,5)64-47)38-17-29-44(30-18-38)63(41-23-11-35(3)12-24-41)42-25-13-36(4)14-26-42/h7-32H,1-6H3/t51-,52-/m0/s1. The molecular formula is C55H44F6N2S2. The summed E-state index contributed by atoms with van der Waals surface area (Å²) in [6.07, 6.45) is 2.89. The summed E-state index contributed by atoms with van der Waals surface area (Å²) in [5, 5.41) is 0. The number of allylic oxidation sites excluding steroid dienone is 4. The zero-order chi connectivity index (χ0) is 45.8. The van der Waals surface area contributed by atoms with Gasteiger partial charge in [-0.05, 0) is 149 Å². The van der Waals surface area contributed by atoms with Crippen LogP contribution in [0, 0.1) is 27.7 Å². The molecule has 65 heavy (non-hydrogen) atoms. The SMILES string of the molecule is Cc1ccc(N(c2ccc(C)cc2)c2ccc(C3=CC4=C5C(=C6C=C(c7ccc(N(c8ccc(C)cc8)c8ccc(C)cc8)cc7)S[C@]6(C)[C@@]4(C)S3)C(F)(F)C(F)(F)C5(F)F)cc2)cc1. The van der Waals surface area contributed by atoms with E-state index in [9.17, 15) is 0 Å². The Labute approximate surface area is 384 Å². The minimum atomic E-state index is -5.65. The predicted octanol–water partition coefficient (Wildman–Crippen LogP) is 16.8. The van der Waals surface area contributed by atoms with Crippen molar-refractivity contribution in [2.75, 3.05) is 9.80 Å². The van der Waals surface area contributed by atoms with E-state index in [1.165, 1.54) is 35.7 Å². The lowest BCUT2D eigenvalue weighted by molar-refractivity contribution is -0.258. The molecule has 0 saturated heterocycles. The van der Waals surface area contributed by atoms with Gasteiger partial charge in [-0.25, -0.2) is 0 Å². The number of aryl methyl sites for hydroxylation is 4. The van der Waals surface area contributed by atoms with Crippen molar-refractivity contribution in [3.63, 3.8) is 0 Å². The quantitative estimate of drug-likeness (QED) is 0.140. The molecule has 2 atom stereocenters. The molecule has 1 fully saturated rings. The second-order valence-electron chi connectivity index (χ2n) is 17.7. The van der Waals surface area contributed by atoms with E-state index in [1.807, 2.05) is 173 Å². The lowest BCUT2D eigenvalue weighted by Crippen LogP contribution is -2.48. The first-order valence-electron chi connectivity index (χ1n) is 21.4. The normalized spacial score (nSPS) is 22.3. The van der Waals surface area contributed by atoms with Crippen molar-refractivity contribution in [3.05, 3.63) is 213 Å². The van der Waals surface area contributed by atoms with Gasteiger partial charge in [-0.1, -0.05) is 95.1 Å². The van der Waals surface area contributed by atoms with Crippen LogP contribution in [0.2, 0.25) is 0 Å². The summed E-state index contributed by atoms with van der Waals surface area (Å²) in [6, 6.07) is 47.8. The topological polar surface area (TPSA) is 6.48 Å². The molecule has 2 nitrogen and oxygen atoms in total. The van der Waals surface area contributed by atoms with Crippen LogP contribution < -0.4 is 9.80 Å². The minimum absolute atomic E-state index is 0.199. The monoisotopic (exact) mass is 910 g/mol. The summed E-state index contributed by atoms with van der Waals surface area (Å²) >= 11 is 2.52. The third-order valence-electron chi connectivity index (χ3n) is 13.3. The number of fused-ring (bicyclic) bond motifs is 4. The number of hydrogen-bond acceptors (Lipinski definition) is 4. The van der Waals surface area contributed by atoms with Crippen LogP contribution in [0.4, 0.5) is 60.5 Å². The van der Waals surface area contributed by atoms with E-state index < -0.39 is 38.4 Å². The van der Waals surface area contributed by atoms with Gasteiger partial charge >= 0.3 is 17.8 Å². The molecule has 10 rings (SSSR count). The number of halogens is 6. The highest BCUT2D eigenvalue weighted by molar-refractivity contribution is 8.14. The molecule has 2 heterocycles. The van der Waals surface area contributed by atoms with Gasteiger partial charge in [-0.2, -0.15) is 26.3 Å². The Morgan fingerprint density at radius 2 is 0.585 bits per heavy atom. The van der Waals surface area contributed by atoms with Gasteiger partial charge in [-0.15, -0.1) is 23.5 Å². The second-order valence-corrected chi connectivity index (χ2v) is 20.6. The highest BCUT2D eigenvalue weighted by atomic mass is 32.2. The Hall–Kier alpha value is -5.84. The van der Waals surface area contributed by atoms with E-state index in [0.717, 1.165) is 56.4 Å². The van der Waals surface area contributed by atoms with Gasteiger partial charge in [0.2, 0.25) is 0 Å². The van der Waals surface area contributed by atoms with Crippen molar-refractivity contribution < 1.29 is 26.3 Å². The van der Waals surface area contributed by atoms with E-state index in [2.05, 4.69) is 9.80 Å². The molecule has 328 valence electrons. The third-order valence-corrected chi connectivity index (χ3v) is 16.7. The molecule has 0 bridgehead atoms. The van der Waals surface area contributed by atoms with E-state index in [4.69, 9.17) is 0 Å². The summed E-state index contributed by atoms with van der Waals surface area (Å²) < 4.78 is 93.6. The fraction of sp³-hybridized carbons (Fsp3) is 0.200. The van der Waals surface area contributed by atoms with Crippen LogP contribution in [0.5, 0.6) is 0 Å². The molecule has 0 radical (unpaired) electrons. The molecule has 0 unspecified atom stereocenters. The van der Waals surface area contributed by atoms with Gasteiger partial charge in [0.25, 0.3) is 0 Å². The first-order valence-corrected chi connectivity index (χ1v) is 23.0. The van der Waals surface area contributed by atoms with Crippen LogP contribution in [0.25, 0.3) is 9.81 Å². The summed E-state index contributed by atoms with van der Waals surface area (Å²) in [6.45, 7) is 11.5. The molecule has 1 saturated carbocycles. The summed E-state index contributed by atoms with van der Waals surface area (Å²) in [5.74, 6) is -15.9. The number of rotatable bonds is 8. The van der Waals surface area contributed by atoms with Crippen molar-refractivity contribution >= 4 is 67.5 Å². The molecule has 0 aromatic heterocycles. The highest BCUT2D eigenvalue weighted by Crippen LogP contribution is 2.75. The molecule has 6 aromatic rings. The van der Waals surface area contributed by atoms with Crippen LogP contribution in [0.3, 0.4) is 0 Å². The van der Waals surface area contributed by atoms with Gasteiger partial charge in [0.15, 0.2) is 0 Å². The van der Waals surface area contributed by atoms with Crippen LogP contribution >= 0.6 is 23.5 Å².